The molecule has 1 atom stereocenters. The molecule has 1 heterocycles. The van der Waals surface area contributed by atoms with Crippen LogP contribution in [0.3, 0.4) is 0 Å². The molecule has 1 aromatic carbocycles. The lowest BCUT2D eigenvalue weighted by Gasteiger charge is -2.40. The van der Waals surface area contributed by atoms with Crippen molar-refractivity contribution < 1.29 is 4.79 Å². The van der Waals surface area contributed by atoms with Crippen LogP contribution in [0.1, 0.15) is 44.1 Å². The zero-order valence-corrected chi connectivity index (χ0v) is 12.5. The zero-order valence-electron chi connectivity index (χ0n) is 11.7. The van der Waals surface area contributed by atoms with Crippen LogP contribution in [0.5, 0.6) is 0 Å². The first kappa shape index (κ1) is 14.0. The van der Waals surface area contributed by atoms with Gasteiger partial charge in [-0.2, -0.15) is 0 Å². The lowest BCUT2D eigenvalue weighted by Crippen LogP contribution is -2.57. The van der Waals surface area contributed by atoms with Crippen molar-refractivity contribution in [2.75, 3.05) is 5.75 Å². The van der Waals surface area contributed by atoms with Gasteiger partial charge in [0.1, 0.15) is 5.54 Å². The maximum absolute atomic E-state index is 12.3. The number of primary amides is 1. The van der Waals surface area contributed by atoms with Gasteiger partial charge in [-0.1, -0.05) is 37.5 Å². The fourth-order valence-electron chi connectivity index (χ4n) is 3.47. The fourth-order valence-corrected chi connectivity index (χ4v) is 4.67. The van der Waals surface area contributed by atoms with Gasteiger partial charge >= 0.3 is 0 Å². The Morgan fingerprint density at radius 2 is 2.00 bits per heavy atom. The van der Waals surface area contributed by atoms with Gasteiger partial charge < -0.3 is 5.73 Å². The van der Waals surface area contributed by atoms with E-state index in [1.165, 1.54) is 24.2 Å². The molecule has 1 fully saturated rings. The second-order valence-corrected chi connectivity index (χ2v) is 6.98. The third-order valence-electron chi connectivity index (χ3n) is 4.56. The van der Waals surface area contributed by atoms with Crippen LogP contribution >= 0.6 is 11.8 Å². The van der Waals surface area contributed by atoms with Crippen molar-refractivity contribution in [3.8, 4) is 0 Å². The molecule has 1 unspecified atom stereocenters. The molecule has 108 valence electrons. The summed E-state index contributed by atoms with van der Waals surface area (Å²) in [6.07, 6.45) is 6.93. The van der Waals surface area contributed by atoms with Crippen molar-refractivity contribution in [1.29, 1.82) is 0 Å². The molecule has 1 aromatic rings. The standard InChI is InChI=1S/C16H22N2OS/c17-15(19)16(18-12-6-2-1-3-7-12)10-11-20-14-9-5-4-8-13(14)16/h4-5,8-9,12,18H,1-3,6-7,10-11H2,(H2,17,19). The Bertz CT molecular complexity index is 499. The SMILES string of the molecule is NC(=O)C1(NC2CCCCC2)CCSc2ccccc21. The number of nitrogens with two attached hydrogens (primary N) is 1. The zero-order chi connectivity index (χ0) is 14.0. The number of hydrogen-bond acceptors (Lipinski definition) is 3. The summed E-state index contributed by atoms with van der Waals surface area (Å²) in [5, 5.41) is 3.64. The van der Waals surface area contributed by atoms with Crippen molar-refractivity contribution in [2.45, 2.75) is 55.0 Å². The third-order valence-corrected chi connectivity index (χ3v) is 5.63. The summed E-state index contributed by atoms with van der Waals surface area (Å²) in [5.41, 5.74) is 6.24. The van der Waals surface area contributed by atoms with Gasteiger partial charge in [-0.3, -0.25) is 10.1 Å². The highest BCUT2D eigenvalue weighted by atomic mass is 32.2. The fraction of sp³-hybridized carbons (Fsp3) is 0.562. The molecule has 2 aliphatic rings. The molecule has 3 nitrogen and oxygen atoms in total. The summed E-state index contributed by atoms with van der Waals surface area (Å²) in [7, 11) is 0. The molecular weight excluding hydrogens is 268 g/mol. The van der Waals surface area contributed by atoms with Crippen LogP contribution in [-0.4, -0.2) is 17.7 Å². The van der Waals surface area contributed by atoms with Crippen LogP contribution in [0, 0.1) is 0 Å². The Morgan fingerprint density at radius 3 is 2.75 bits per heavy atom. The smallest absolute Gasteiger partial charge is 0.242 e. The van der Waals surface area contributed by atoms with Crippen LogP contribution in [0.25, 0.3) is 0 Å². The van der Waals surface area contributed by atoms with E-state index >= 15 is 0 Å². The molecular formula is C16H22N2OS. The van der Waals surface area contributed by atoms with Gasteiger partial charge in [-0.05, 0) is 30.9 Å². The van der Waals surface area contributed by atoms with Gasteiger partial charge in [0.25, 0.3) is 0 Å². The predicted octanol–water partition coefficient (Wildman–Crippen LogP) is 2.79. The number of carbonyl (C=O) groups is 1. The number of fused-ring (bicyclic) bond motifs is 1. The van der Waals surface area contributed by atoms with Gasteiger partial charge in [0.05, 0.1) is 0 Å². The number of hydrogen-bond donors (Lipinski definition) is 2. The summed E-state index contributed by atoms with van der Waals surface area (Å²) in [4.78, 5) is 13.5. The molecule has 3 N–H and O–H groups in total. The van der Waals surface area contributed by atoms with Gasteiger partial charge in [0, 0.05) is 16.7 Å². The topological polar surface area (TPSA) is 55.1 Å². The number of amides is 1. The number of nitrogens with one attached hydrogen (secondary N) is 1. The second kappa shape index (κ2) is 5.78. The van der Waals surface area contributed by atoms with E-state index in [2.05, 4.69) is 17.4 Å². The first-order chi connectivity index (χ1) is 9.72. The van der Waals surface area contributed by atoms with Gasteiger partial charge in [-0.25, -0.2) is 0 Å². The maximum atomic E-state index is 12.3. The van der Waals surface area contributed by atoms with E-state index in [0.717, 1.165) is 30.6 Å². The number of carbonyl (C=O) groups excluding carboxylic acids is 1. The van der Waals surface area contributed by atoms with Crippen molar-refractivity contribution in [1.82, 2.24) is 5.32 Å². The number of thioether (sulfide) groups is 1. The molecule has 20 heavy (non-hydrogen) atoms. The first-order valence-corrected chi connectivity index (χ1v) is 8.51. The van der Waals surface area contributed by atoms with Gasteiger partial charge in [0.2, 0.25) is 5.91 Å². The van der Waals surface area contributed by atoms with Gasteiger partial charge in [-0.15, -0.1) is 11.8 Å². The Hall–Kier alpha value is -1.00. The third kappa shape index (κ3) is 2.47. The van der Waals surface area contributed by atoms with E-state index in [4.69, 9.17) is 5.73 Å². The Kier molecular flexibility index (Phi) is 4.03. The molecule has 1 aliphatic carbocycles. The van der Waals surface area contributed by atoms with Crippen molar-refractivity contribution in [3.05, 3.63) is 29.8 Å². The van der Waals surface area contributed by atoms with Crippen molar-refractivity contribution in [2.24, 2.45) is 5.73 Å². The minimum Gasteiger partial charge on any atom is -0.368 e. The van der Waals surface area contributed by atoms with Crippen LogP contribution in [0.4, 0.5) is 0 Å². The van der Waals surface area contributed by atoms with Crippen LogP contribution < -0.4 is 11.1 Å². The largest absolute Gasteiger partial charge is 0.368 e. The van der Waals surface area contributed by atoms with E-state index in [9.17, 15) is 4.79 Å². The van der Waals surface area contributed by atoms with Crippen molar-refractivity contribution in [3.63, 3.8) is 0 Å². The van der Waals surface area contributed by atoms with E-state index in [1.54, 1.807) is 0 Å². The van der Waals surface area contributed by atoms with E-state index < -0.39 is 5.54 Å². The average Bonchev–Trinajstić information content (AvgIpc) is 2.48. The molecule has 0 spiro atoms. The molecule has 1 saturated carbocycles. The minimum absolute atomic E-state index is 0.226. The Morgan fingerprint density at radius 1 is 1.25 bits per heavy atom. The minimum atomic E-state index is -0.663. The van der Waals surface area contributed by atoms with Crippen LogP contribution in [-0.2, 0) is 10.3 Å². The van der Waals surface area contributed by atoms with Crippen LogP contribution in [0.15, 0.2) is 29.2 Å². The number of rotatable bonds is 3. The quantitative estimate of drug-likeness (QED) is 0.900. The Labute approximate surface area is 124 Å². The van der Waals surface area contributed by atoms with E-state index in [1.807, 2.05) is 23.9 Å². The average molecular weight is 290 g/mol. The number of benzene rings is 1. The summed E-state index contributed by atoms with van der Waals surface area (Å²) in [6.45, 7) is 0. The lowest BCUT2D eigenvalue weighted by atomic mass is 9.83. The highest BCUT2D eigenvalue weighted by Crippen LogP contribution is 2.41. The molecule has 0 bridgehead atoms. The Balaban J connectivity index is 1.94. The summed E-state index contributed by atoms with van der Waals surface area (Å²) >= 11 is 1.82. The maximum Gasteiger partial charge on any atom is 0.242 e. The first-order valence-electron chi connectivity index (χ1n) is 7.52. The second-order valence-electron chi connectivity index (χ2n) is 5.84. The monoisotopic (exact) mass is 290 g/mol. The molecule has 1 amide bonds. The molecule has 0 radical (unpaired) electrons. The lowest BCUT2D eigenvalue weighted by molar-refractivity contribution is -0.125. The normalized spacial score (nSPS) is 27.0. The highest BCUT2D eigenvalue weighted by Gasteiger charge is 2.43. The van der Waals surface area contributed by atoms with Gasteiger partial charge in [0.15, 0.2) is 0 Å². The summed E-state index contributed by atoms with van der Waals surface area (Å²) < 4.78 is 0. The van der Waals surface area contributed by atoms with E-state index in [0.29, 0.717) is 6.04 Å². The molecule has 0 saturated heterocycles. The molecule has 1 aliphatic heterocycles. The summed E-state index contributed by atoms with van der Waals surface area (Å²) in [6, 6.07) is 8.61. The van der Waals surface area contributed by atoms with Crippen molar-refractivity contribution >= 4 is 17.7 Å². The highest BCUT2D eigenvalue weighted by molar-refractivity contribution is 7.99. The predicted molar refractivity (Wildman–Crippen MR) is 82.7 cm³/mol. The molecule has 3 rings (SSSR count). The molecule has 4 heteroatoms. The van der Waals surface area contributed by atoms with Crippen LogP contribution in [0.2, 0.25) is 0 Å². The molecule has 0 aromatic heterocycles. The summed E-state index contributed by atoms with van der Waals surface area (Å²) in [5.74, 6) is 0.718. The van der Waals surface area contributed by atoms with E-state index in [-0.39, 0.29) is 5.91 Å².